The lowest BCUT2D eigenvalue weighted by Crippen LogP contribution is -2.39. The topological polar surface area (TPSA) is 50.0 Å². The van der Waals surface area contributed by atoms with Crippen molar-refractivity contribution in [3.05, 3.63) is 60.7 Å². The highest BCUT2D eigenvalue weighted by Crippen LogP contribution is 2.19. The van der Waals surface area contributed by atoms with Gasteiger partial charge in [0.2, 0.25) is 6.20 Å². The molecule has 0 bridgehead atoms. The van der Waals surface area contributed by atoms with Crippen molar-refractivity contribution in [2.24, 2.45) is 4.99 Å². The van der Waals surface area contributed by atoms with Gasteiger partial charge in [0.15, 0.2) is 12.2 Å². The van der Waals surface area contributed by atoms with Crippen LogP contribution in [0, 0.1) is 0 Å². The van der Waals surface area contributed by atoms with Crippen LogP contribution in [0.3, 0.4) is 0 Å². The van der Waals surface area contributed by atoms with Crippen LogP contribution in [-0.4, -0.2) is 27.9 Å². The van der Waals surface area contributed by atoms with Gasteiger partial charge in [0.25, 0.3) is 0 Å². The molecule has 6 nitrogen and oxygen atoms in total. The standard InChI is InChI=1S/C17H17N6/c1-18-14-9-20-22-11-13(6-7-16(14)22)10-21-12-15(19-2)17-5-3-4-8-23(17)21/h3-9,11-12,18H,2,10H2,1H3/q+1. The first kappa shape index (κ1) is 13.5. The van der Waals surface area contributed by atoms with Gasteiger partial charge in [0, 0.05) is 18.8 Å². The fraction of sp³-hybridized carbons (Fsp3) is 0.118. The van der Waals surface area contributed by atoms with E-state index in [1.807, 2.05) is 54.5 Å². The summed E-state index contributed by atoms with van der Waals surface area (Å²) in [4.78, 5) is 4.11. The van der Waals surface area contributed by atoms with Gasteiger partial charge in [-0.1, -0.05) is 6.07 Å². The summed E-state index contributed by atoms with van der Waals surface area (Å²) >= 11 is 0. The van der Waals surface area contributed by atoms with Crippen molar-refractivity contribution in [2.75, 3.05) is 12.4 Å². The van der Waals surface area contributed by atoms with Gasteiger partial charge in [-0.15, -0.1) is 9.20 Å². The number of hydrogen-bond acceptors (Lipinski definition) is 3. The average molecular weight is 305 g/mol. The molecule has 0 atom stereocenters. The zero-order chi connectivity index (χ0) is 15.8. The Morgan fingerprint density at radius 3 is 3.00 bits per heavy atom. The fourth-order valence-corrected chi connectivity index (χ4v) is 2.87. The SMILES string of the molecule is C=Nc1c[n+](Cc2ccc3c(NC)cnn3c2)n2ccccc12. The Labute approximate surface area is 133 Å². The van der Waals surface area contributed by atoms with Gasteiger partial charge in [-0.3, -0.25) is 4.99 Å². The summed E-state index contributed by atoms with van der Waals surface area (Å²) in [7, 11) is 1.90. The molecule has 0 aliphatic heterocycles. The first-order valence-corrected chi connectivity index (χ1v) is 7.41. The molecule has 0 amide bonds. The summed E-state index contributed by atoms with van der Waals surface area (Å²) < 4.78 is 6.09. The van der Waals surface area contributed by atoms with E-state index in [2.05, 4.69) is 43.5 Å². The molecule has 4 heterocycles. The molecule has 0 unspecified atom stereocenters. The molecular weight excluding hydrogens is 288 g/mol. The van der Waals surface area contributed by atoms with E-state index in [9.17, 15) is 0 Å². The number of fused-ring (bicyclic) bond motifs is 2. The van der Waals surface area contributed by atoms with Crippen LogP contribution in [0.15, 0.2) is 60.1 Å². The largest absolute Gasteiger partial charge is 0.385 e. The van der Waals surface area contributed by atoms with Gasteiger partial charge in [-0.2, -0.15) is 5.10 Å². The molecule has 0 saturated carbocycles. The van der Waals surface area contributed by atoms with Crippen molar-refractivity contribution in [1.29, 1.82) is 0 Å². The molecule has 0 spiro atoms. The van der Waals surface area contributed by atoms with E-state index in [0.717, 1.165) is 34.5 Å². The van der Waals surface area contributed by atoms with E-state index in [1.165, 1.54) is 0 Å². The predicted octanol–water partition coefficient (Wildman–Crippen LogP) is 2.30. The van der Waals surface area contributed by atoms with Crippen molar-refractivity contribution < 1.29 is 4.68 Å². The monoisotopic (exact) mass is 305 g/mol. The molecule has 0 radical (unpaired) electrons. The third-order valence-electron chi connectivity index (χ3n) is 4.01. The molecule has 6 heteroatoms. The van der Waals surface area contributed by atoms with Crippen LogP contribution < -0.4 is 10.00 Å². The zero-order valence-corrected chi connectivity index (χ0v) is 12.8. The van der Waals surface area contributed by atoms with Gasteiger partial charge in [-0.25, -0.2) is 4.52 Å². The predicted molar refractivity (Wildman–Crippen MR) is 90.6 cm³/mol. The van der Waals surface area contributed by atoms with E-state index in [0.29, 0.717) is 0 Å². The summed E-state index contributed by atoms with van der Waals surface area (Å²) in [6, 6.07) is 10.2. The number of aromatic nitrogens is 4. The number of aliphatic imine (C=N–C) groups is 1. The van der Waals surface area contributed by atoms with Crippen LogP contribution >= 0.6 is 0 Å². The smallest absolute Gasteiger partial charge is 0.222 e. The summed E-state index contributed by atoms with van der Waals surface area (Å²) in [5, 5.41) is 7.53. The van der Waals surface area contributed by atoms with Crippen molar-refractivity contribution in [1.82, 2.24) is 14.1 Å². The Bertz CT molecular complexity index is 1010. The van der Waals surface area contributed by atoms with Gasteiger partial charge in [-0.05, 0) is 31.0 Å². The second-order valence-electron chi connectivity index (χ2n) is 5.38. The van der Waals surface area contributed by atoms with Crippen molar-refractivity contribution in [3.8, 4) is 0 Å². The van der Waals surface area contributed by atoms with E-state index in [1.54, 1.807) is 0 Å². The van der Waals surface area contributed by atoms with Crippen LogP contribution in [0.5, 0.6) is 0 Å². The van der Waals surface area contributed by atoms with E-state index < -0.39 is 0 Å². The van der Waals surface area contributed by atoms with Crippen LogP contribution in [0.25, 0.3) is 11.0 Å². The second-order valence-corrected chi connectivity index (χ2v) is 5.38. The molecule has 114 valence electrons. The van der Waals surface area contributed by atoms with E-state index in [4.69, 9.17) is 0 Å². The van der Waals surface area contributed by atoms with Gasteiger partial charge in [0.1, 0.15) is 5.52 Å². The van der Waals surface area contributed by atoms with Crippen molar-refractivity contribution >= 4 is 29.1 Å². The summed E-state index contributed by atoms with van der Waals surface area (Å²) in [5.41, 5.74) is 5.17. The zero-order valence-electron chi connectivity index (χ0n) is 12.8. The minimum absolute atomic E-state index is 0.728. The molecule has 1 N–H and O–H groups in total. The molecule has 0 aliphatic rings. The molecule has 23 heavy (non-hydrogen) atoms. The van der Waals surface area contributed by atoms with E-state index >= 15 is 0 Å². The lowest BCUT2D eigenvalue weighted by atomic mass is 10.2. The summed E-state index contributed by atoms with van der Waals surface area (Å²) in [5.74, 6) is 0. The highest BCUT2D eigenvalue weighted by molar-refractivity contribution is 5.71. The number of anilines is 1. The highest BCUT2D eigenvalue weighted by Gasteiger charge is 2.15. The fourth-order valence-electron chi connectivity index (χ4n) is 2.87. The maximum Gasteiger partial charge on any atom is 0.222 e. The summed E-state index contributed by atoms with van der Waals surface area (Å²) in [6.45, 7) is 4.38. The molecule has 4 aromatic rings. The van der Waals surface area contributed by atoms with Crippen LogP contribution in [0.1, 0.15) is 5.56 Å². The second kappa shape index (κ2) is 5.24. The molecule has 0 saturated heterocycles. The number of nitrogens with zero attached hydrogens (tertiary/aromatic N) is 5. The molecular formula is C17H17N6+. The number of rotatable bonds is 4. The quantitative estimate of drug-likeness (QED) is 0.464. The van der Waals surface area contributed by atoms with Crippen molar-refractivity contribution in [3.63, 3.8) is 0 Å². The molecule has 0 aliphatic carbocycles. The average Bonchev–Trinajstić information content (AvgIpc) is 3.16. The molecule has 0 fully saturated rings. The Balaban J connectivity index is 1.77. The minimum Gasteiger partial charge on any atom is -0.385 e. The van der Waals surface area contributed by atoms with Gasteiger partial charge < -0.3 is 5.32 Å². The van der Waals surface area contributed by atoms with E-state index in [-0.39, 0.29) is 0 Å². The lowest BCUT2D eigenvalue weighted by molar-refractivity contribution is -0.752. The normalized spacial score (nSPS) is 11.2. The third-order valence-corrected chi connectivity index (χ3v) is 4.01. The van der Waals surface area contributed by atoms with Crippen molar-refractivity contribution in [2.45, 2.75) is 6.54 Å². The Morgan fingerprint density at radius 2 is 2.17 bits per heavy atom. The highest BCUT2D eigenvalue weighted by atomic mass is 15.4. The number of hydrogen-bond donors (Lipinski definition) is 1. The van der Waals surface area contributed by atoms with Gasteiger partial charge in [0.05, 0.1) is 23.6 Å². The molecule has 0 aromatic carbocycles. The van der Waals surface area contributed by atoms with Crippen LogP contribution in [0.4, 0.5) is 11.4 Å². The molecule has 4 aromatic heterocycles. The van der Waals surface area contributed by atoms with Crippen LogP contribution in [-0.2, 0) is 6.54 Å². The first-order valence-electron chi connectivity index (χ1n) is 7.41. The number of pyridine rings is 2. The lowest BCUT2D eigenvalue weighted by Gasteiger charge is -2.01. The Kier molecular flexibility index (Phi) is 3.08. The maximum atomic E-state index is 4.39. The van der Waals surface area contributed by atoms with Crippen LogP contribution in [0.2, 0.25) is 0 Å². The first-order chi connectivity index (χ1) is 11.3. The maximum absolute atomic E-state index is 4.39. The molecule has 4 rings (SSSR count). The van der Waals surface area contributed by atoms with Gasteiger partial charge >= 0.3 is 0 Å². The minimum atomic E-state index is 0.728. The Hall–Kier alpha value is -3.15. The number of nitrogens with one attached hydrogen (secondary N) is 1. The summed E-state index contributed by atoms with van der Waals surface area (Å²) in [6.07, 6.45) is 7.91. The third kappa shape index (κ3) is 2.15. The Morgan fingerprint density at radius 1 is 1.26 bits per heavy atom.